The molecule has 1 aliphatic carbocycles. The molecule has 1 rings (SSSR count). The van der Waals surface area contributed by atoms with E-state index >= 15 is 0 Å². The van der Waals surface area contributed by atoms with Crippen LogP contribution in [0.2, 0.25) is 0 Å². The zero-order valence-corrected chi connectivity index (χ0v) is 9.28. The van der Waals surface area contributed by atoms with Gasteiger partial charge in [-0.05, 0) is 19.1 Å². The van der Waals surface area contributed by atoms with Crippen molar-refractivity contribution in [1.82, 2.24) is 0 Å². The van der Waals surface area contributed by atoms with E-state index in [9.17, 15) is 0 Å². The number of hydrogen-bond acceptors (Lipinski definition) is 1. The number of nitrogens with zero attached hydrogens (tertiary/aromatic N) is 1. The zero-order chi connectivity index (χ0) is 9.14. The molecule has 0 spiro atoms. The third-order valence-corrected chi connectivity index (χ3v) is 2.27. The van der Waals surface area contributed by atoms with Gasteiger partial charge in [0, 0.05) is 22.1 Å². The lowest BCUT2D eigenvalue weighted by molar-refractivity contribution is 1.42. The Hall–Kier alpha value is -0.340. The lowest BCUT2D eigenvalue weighted by atomic mass is 10.1. The van der Waals surface area contributed by atoms with Crippen LogP contribution in [0.25, 0.3) is 0 Å². The van der Waals surface area contributed by atoms with Gasteiger partial charge < -0.3 is 0 Å². The summed E-state index contributed by atoms with van der Waals surface area (Å²) < 4.78 is 1.02. The van der Waals surface area contributed by atoms with Gasteiger partial charge in [0.05, 0.1) is 5.71 Å². The molecule has 0 bridgehead atoms. The molecule has 1 nitrogen and oxygen atoms in total. The van der Waals surface area contributed by atoms with Gasteiger partial charge in [0.1, 0.15) is 0 Å². The highest BCUT2D eigenvalue weighted by atomic mass is 79.9. The van der Waals surface area contributed by atoms with Crippen LogP contribution in [0.4, 0.5) is 0 Å². The predicted molar refractivity (Wildman–Crippen MR) is 58.1 cm³/mol. The van der Waals surface area contributed by atoms with Gasteiger partial charge in [0.2, 0.25) is 0 Å². The second-order valence-corrected chi connectivity index (χ2v) is 3.90. The molecule has 0 heterocycles. The fourth-order valence-electron chi connectivity index (χ4n) is 0.981. The summed E-state index contributed by atoms with van der Waals surface area (Å²) in [6.07, 6.45) is 5.85. The molecular weight excluding hydrogens is 237 g/mol. The van der Waals surface area contributed by atoms with E-state index in [1.807, 2.05) is 25.2 Å². The highest BCUT2D eigenvalue weighted by Crippen LogP contribution is 2.21. The Bertz CT molecular complexity index is 306. The molecule has 0 aromatic heterocycles. The summed E-state index contributed by atoms with van der Waals surface area (Å²) in [6, 6.07) is 0. The molecule has 0 aromatic carbocycles. The maximum atomic E-state index is 5.88. The van der Waals surface area contributed by atoms with Crippen molar-refractivity contribution in [3.05, 3.63) is 33.3 Å². The fraction of sp³-hybridized carbons (Fsp3) is 0.222. The van der Waals surface area contributed by atoms with Crippen LogP contribution in [0, 0.1) is 0 Å². The van der Waals surface area contributed by atoms with Crippen LogP contribution in [0.15, 0.2) is 38.3 Å². The molecule has 12 heavy (non-hydrogen) atoms. The van der Waals surface area contributed by atoms with E-state index in [1.54, 1.807) is 7.05 Å². The van der Waals surface area contributed by atoms with Crippen molar-refractivity contribution in [1.29, 1.82) is 0 Å². The fourth-order valence-corrected chi connectivity index (χ4v) is 1.49. The average molecular weight is 247 g/mol. The second-order valence-electron chi connectivity index (χ2n) is 2.42. The summed E-state index contributed by atoms with van der Waals surface area (Å²) in [5, 5.41) is 0.767. The summed E-state index contributed by atoms with van der Waals surface area (Å²) in [5.41, 5.74) is 1.90. The van der Waals surface area contributed by atoms with Gasteiger partial charge in [0.15, 0.2) is 0 Å². The highest BCUT2D eigenvalue weighted by molar-refractivity contribution is 9.11. The van der Waals surface area contributed by atoms with E-state index in [4.69, 9.17) is 11.6 Å². The molecule has 0 radical (unpaired) electrons. The monoisotopic (exact) mass is 245 g/mol. The molecule has 0 N–H and O–H groups in total. The van der Waals surface area contributed by atoms with Gasteiger partial charge in [-0.2, -0.15) is 0 Å². The first-order valence-corrected chi connectivity index (χ1v) is 4.71. The second kappa shape index (κ2) is 4.06. The third-order valence-electron chi connectivity index (χ3n) is 1.57. The summed E-state index contributed by atoms with van der Waals surface area (Å²) in [5.74, 6) is 0. The van der Waals surface area contributed by atoms with Crippen molar-refractivity contribution in [2.24, 2.45) is 4.99 Å². The van der Waals surface area contributed by atoms with E-state index in [0.717, 1.165) is 20.8 Å². The van der Waals surface area contributed by atoms with E-state index in [0.29, 0.717) is 0 Å². The van der Waals surface area contributed by atoms with Crippen molar-refractivity contribution in [2.45, 2.75) is 6.92 Å². The number of aliphatic imine (C=N–C) groups is 1. The van der Waals surface area contributed by atoms with Crippen LogP contribution in [0.1, 0.15) is 6.92 Å². The van der Waals surface area contributed by atoms with Gasteiger partial charge in [-0.1, -0.05) is 33.6 Å². The molecule has 64 valence electrons. The van der Waals surface area contributed by atoms with Gasteiger partial charge in [-0.3, -0.25) is 4.99 Å². The van der Waals surface area contributed by atoms with Crippen molar-refractivity contribution >= 4 is 33.2 Å². The van der Waals surface area contributed by atoms with Gasteiger partial charge in [0.25, 0.3) is 0 Å². The largest absolute Gasteiger partial charge is 0.288 e. The molecule has 0 aliphatic heterocycles. The Balaban J connectivity index is 3.14. The smallest absolute Gasteiger partial charge is 0.0665 e. The molecule has 0 unspecified atom stereocenters. The zero-order valence-electron chi connectivity index (χ0n) is 6.94. The average Bonchev–Trinajstić information content (AvgIpc) is 2.03. The Labute approximate surface area is 85.7 Å². The van der Waals surface area contributed by atoms with Crippen LogP contribution in [0.3, 0.4) is 0 Å². The maximum Gasteiger partial charge on any atom is 0.0665 e. The van der Waals surface area contributed by atoms with Crippen LogP contribution in [0.5, 0.6) is 0 Å². The summed E-state index contributed by atoms with van der Waals surface area (Å²) in [6.45, 7) is 1.86. The minimum atomic E-state index is 0.767. The molecule has 1 aliphatic rings. The Morgan fingerprint density at radius 1 is 1.50 bits per heavy atom. The van der Waals surface area contributed by atoms with Gasteiger partial charge in [-0.15, -0.1) is 0 Å². The first kappa shape index (κ1) is 9.75. The van der Waals surface area contributed by atoms with Crippen LogP contribution in [-0.4, -0.2) is 12.8 Å². The van der Waals surface area contributed by atoms with Gasteiger partial charge in [-0.25, -0.2) is 0 Å². The SMILES string of the molecule is CN=C1C=C(Br)C=C/C1=C(/C)Cl. The van der Waals surface area contributed by atoms with Crippen LogP contribution in [-0.2, 0) is 0 Å². The first-order chi connectivity index (χ1) is 5.65. The maximum absolute atomic E-state index is 5.88. The van der Waals surface area contributed by atoms with E-state index < -0.39 is 0 Å². The summed E-state index contributed by atoms with van der Waals surface area (Å²) >= 11 is 9.25. The first-order valence-electron chi connectivity index (χ1n) is 3.54. The summed E-state index contributed by atoms with van der Waals surface area (Å²) in [7, 11) is 1.76. The quantitative estimate of drug-likeness (QED) is 0.621. The molecule has 0 fully saturated rings. The topological polar surface area (TPSA) is 12.4 Å². The summed E-state index contributed by atoms with van der Waals surface area (Å²) in [4.78, 5) is 4.12. The van der Waals surface area contributed by atoms with Gasteiger partial charge >= 0.3 is 0 Å². The predicted octanol–water partition coefficient (Wildman–Crippen LogP) is 3.42. The number of rotatable bonds is 0. The number of halogens is 2. The van der Waals surface area contributed by atoms with E-state index in [2.05, 4.69) is 20.9 Å². The van der Waals surface area contributed by atoms with Crippen molar-refractivity contribution in [2.75, 3.05) is 7.05 Å². The minimum absolute atomic E-state index is 0.767. The van der Waals surface area contributed by atoms with Crippen LogP contribution < -0.4 is 0 Å². The molecule has 0 amide bonds. The Morgan fingerprint density at radius 3 is 2.67 bits per heavy atom. The van der Waals surface area contributed by atoms with Crippen molar-refractivity contribution in [3.8, 4) is 0 Å². The molecule has 3 heteroatoms. The molecular formula is C9H9BrClN. The molecule has 0 atom stereocenters. The molecule has 0 saturated carbocycles. The van der Waals surface area contributed by atoms with Crippen molar-refractivity contribution < 1.29 is 0 Å². The van der Waals surface area contributed by atoms with E-state index in [1.165, 1.54) is 0 Å². The lowest BCUT2D eigenvalue weighted by Gasteiger charge is -2.08. The Kier molecular flexibility index (Phi) is 3.29. The third kappa shape index (κ3) is 2.08. The molecule has 0 aromatic rings. The highest BCUT2D eigenvalue weighted by Gasteiger charge is 2.08. The lowest BCUT2D eigenvalue weighted by Crippen LogP contribution is -2.02. The van der Waals surface area contributed by atoms with E-state index in [-0.39, 0.29) is 0 Å². The van der Waals surface area contributed by atoms with Crippen molar-refractivity contribution in [3.63, 3.8) is 0 Å². The van der Waals surface area contributed by atoms with Crippen LogP contribution >= 0.6 is 27.5 Å². The minimum Gasteiger partial charge on any atom is -0.288 e. The Morgan fingerprint density at radius 2 is 2.17 bits per heavy atom. The number of hydrogen-bond donors (Lipinski definition) is 0. The standard InChI is InChI=1S/C9H9BrClN/c1-6(11)8-4-3-7(10)5-9(8)12-2/h3-5H,1-2H3/b8-6+,12-9?. The molecule has 0 saturated heterocycles. The normalized spacial score (nSPS) is 24.3. The number of allylic oxidation sites excluding steroid dienone is 6.